The van der Waals surface area contributed by atoms with Gasteiger partial charge in [-0.3, -0.25) is 4.98 Å². The van der Waals surface area contributed by atoms with Gasteiger partial charge in [0.2, 0.25) is 0 Å². The Kier molecular flexibility index (Phi) is 3.31. The smallest absolute Gasteiger partial charge is 0.0305 e. The van der Waals surface area contributed by atoms with Crippen molar-refractivity contribution >= 4 is 0 Å². The molecule has 0 aliphatic rings. The van der Waals surface area contributed by atoms with Gasteiger partial charge in [-0.1, -0.05) is 0 Å². The molecule has 12 heavy (non-hydrogen) atoms. The maximum Gasteiger partial charge on any atom is 0.0305 e. The third-order valence-electron chi connectivity index (χ3n) is 1.73. The van der Waals surface area contributed by atoms with Gasteiger partial charge in [0, 0.05) is 24.9 Å². The largest absolute Gasteiger partial charge is 0.324 e. The Labute approximate surface area is 72.8 Å². The Bertz CT molecular complexity index is 261. The molecule has 0 radical (unpaired) electrons. The van der Waals surface area contributed by atoms with E-state index >= 15 is 0 Å². The van der Waals surface area contributed by atoms with Crippen molar-refractivity contribution < 1.29 is 0 Å². The molecule has 1 unspecified atom stereocenters. The second kappa shape index (κ2) is 4.53. The number of aromatic nitrogens is 1. The second-order valence-corrected chi connectivity index (χ2v) is 2.63. The van der Waals surface area contributed by atoms with Crippen molar-refractivity contribution in [2.24, 2.45) is 5.73 Å². The van der Waals surface area contributed by atoms with E-state index in [0.717, 1.165) is 18.4 Å². The van der Waals surface area contributed by atoms with Crippen LogP contribution < -0.4 is 5.73 Å². The van der Waals surface area contributed by atoms with Crippen LogP contribution >= 0.6 is 0 Å². The number of nitrogens with two attached hydrogens (primary N) is 1. The lowest BCUT2D eigenvalue weighted by atomic mass is 10.1. The summed E-state index contributed by atoms with van der Waals surface area (Å²) in [5.41, 5.74) is 6.96. The highest BCUT2D eigenvalue weighted by Crippen LogP contribution is 2.13. The van der Waals surface area contributed by atoms with E-state index in [9.17, 15) is 0 Å². The first-order valence-electron chi connectivity index (χ1n) is 3.93. The summed E-state index contributed by atoms with van der Waals surface area (Å²) in [4.78, 5) is 3.91. The Balaban J connectivity index is 2.55. The number of terminal acetylenes is 1. The first-order valence-corrected chi connectivity index (χ1v) is 3.93. The van der Waals surface area contributed by atoms with Crippen LogP contribution in [0.4, 0.5) is 0 Å². The van der Waals surface area contributed by atoms with Crippen LogP contribution in [0, 0.1) is 12.3 Å². The van der Waals surface area contributed by atoms with Crippen LogP contribution in [0.5, 0.6) is 0 Å². The van der Waals surface area contributed by atoms with E-state index in [1.54, 1.807) is 12.4 Å². The molecule has 1 rings (SSSR count). The summed E-state index contributed by atoms with van der Waals surface area (Å²) in [6.45, 7) is 0. The third-order valence-corrected chi connectivity index (χ3v) is 1.73. The average molecular weight is 160 g/mol. The lowest BCUT2D eigenvalue weighted by Crippen LogP contribution is -2.09. The Morgan fingerprint density at radius 1 is 1.50 bits per heavy atom. The quantitative estimate of drug-likeness (QED) is 0.680. The van der Waals surface area contributed by atoms with Crippen LogP contribution in [0.15, 0.2) is 24.5 Å². The highest BCUT2D eigenvalue weighted by Gasteiger charge is 2.02. The molecule has 2 heteroatoms. The average Bonchev–Trinajstić information content (AvgIpc) is 2.15. The molecule has 0 aliphatic heterocycles. The monoisotopic (exact) mass is 160 g/mol. The van der Waals surface area contributed by atoms with Crippen molar-refractivity contribution in [3.8, 4) is 12.3 Å². The highest BCUT2D eigenvalue weighted by atomic mass is 14.6. The van der Waals surface area contributed by atoms with E-state index in [1.807, 2.05) is 12.1 Å². The molecule has 1 aromatic heterocycles. The first kappa shape index (κ1) is 8.76. The topological polar surface area (TPSA) is 38.9 Å². The molecule has 0 fully saturated rings. The van der Waals surface area contributed by atoms with E-state index in [1.165, 1.54) is 0 Å². The normalized spacial score (nSPS) is 12.0. The van der Waals surface area contributed by atoms with E-state index in [2.05, 4.69) is 10.9 Å². The van der Waals surface area contributed by atoms with Crippen molar-refractivity contribution in [3.05, 3.63) is 30.1 Å². The molecule has 0 saturated heterocycles. The number of hydrogen-bond acceptors (Lipinski definition) is 2. The molecular formula is C10H12N2. The minimum Gasteiger partial charge on any atom is -0.324 e. The summed E-state index contributed by atoms with van der Waals surface area (Å²) < 4.78 is 0. The summed E-state index contributed by atoms with van der Waals surface area (Å²) in [7, 11) is 0. The zero-order valence-electron chi connectivity index (χ0n) is 6.90. The summed E-state index contributed by atoms with van der Waals surface area (Å²) in [5, 5.41) is 0. The molecule has 0 aromatic carbocycles. The fourth-order valence-corrected chi connectivity index (χ4v) is 1.02. The van der Waals surface area contributed by atoms with Gasteiger partial charge in [-0.15, -0.1) is 12.3 Å². The molecule has 0 bridgehead atoms. The number of rotatable bonds is 3. The SMILES string of the molecule is C#CCCC(N)c1ccncc1. The van der Waals surface area contributed by atoms with E-state index in [0.29, 0.717) is 0 Å². The Morgan fingerprint density at radius 2 is 2.17 bits per heavy atom. The van der Waals surface area contributed by atoms with Crippen LogP contribution in [0.1, 0.15) is 24.4 Å². The number of hydrogen-bond donors (Lipinski definition) is 1. The van der Waals surface area contributed by atoms with Gasteiger partial charge >= 0.3 is 0 Å². The summed E-state index contributed by atoms with van der Waals surface area (Å²) in [5.74, 6) is 2.57. The molecule has 2 N–H and O–H groups in total. The minimum atomic E-state index is 0.0454. The Hall–Kier alpha value is -1.33. The maximum absolute atomic E-state index is 5.86. The van der Waals surface area contributed by atoms with Crippen LogP contribution in [-0.4, -0.2) is 4.98 Å². The molecule has 1 atom stereocenters. The molecule has 1 heterocycles. The summed E-state index contributed by atoms with van der Waals surface area (Å²) in [6, 6.07) is 3.88. The first-order chi connectivity index (χ1) is 5.84. The van der Waals surface area contributed by atoms with Gasteiger partial charge in [-0.25, -0.2) is 0 Å². The van der Waals surface area contributed by atoms with Gasteiger partial charge in [0.25, 0.3) is 0 Å². The van der Waals surface area contributed by atoms with Crippen molar-refractivity contribution in [2.75, 3.05) is 0 Å². The fraction of sp³-hybridized carbons (Fsp3) is 0.300. The molecule has 62 valence electrons. The lowest BCUT2D eigenvalue weighted by molar-refractivity contribution is 0.667. The standard InChI is InChI=1S/C10H12N2/c1-2-3-4-10(11)9-5-7-12-8-6-9/h1,5-8,10H,3-4,11H2. The van der Waals surface area contributed by atoms with Crippen molar-refractivity contribution in [1.82, 2.24) is 4.98 Å². The van der Waals surface area contributed by atoms with Gasteiger partial charge in [-0.05, 0) is 24.1 Å². The zero-order valence-corrected chi connectivity index (χ0v) is 6.90. The zero-order chi connectivity index (χ0) is 8.81. The Morgan fingerprint density at radius 3 is 2.75 bits per heavy atom. The number of nitrogens with zero attached hydrogens (tertiary/aromatic N) is 1. The summed E-state index contributed by atoms with van der Waals surface area (Å²) >= 11 is 0. The van der Waals surface area contributed by atoms with Gasteiger partial charge < -0.3 is 5.73 Å². The molecule has 2 nitrogen and oxygen atoms in total. The molecule has 0 amide bonds. The minimum absolute atomic E-state index is 0.0454. The van der Waals surface area contributed by atoms with Crippen molar-refractivity contribution in [3.63, 3.8) is 0 Å². The van der Waals surface area contributed by atoms with Crippen molar-refractivity contribution in [2.45, 2.75) is 18.9 Å². The molecule has 0 saturated carbocycles. The number of pyridine rings is 1. The predicted molar refractivity (Wildman–Crippen MR) is 49.2 cm³/mol. The maximum atomic E-state index is 5.86. The molecule has 0 spiro atoms. The van der Waals surface area contributed by atoms with Crippen LogP contribution in [0.25, 0.3) is 0 Å². The highest BCUT2D eigenvalue weighted by molar-refractivity contribution is 5.14. The summed E-state index contributed by atoms with van der Waals surface area (Å²) in [6.07, 6.45) is 10.2. The lowest BCUT2D eigenvalue weighted by Gasteiger charge is -2.08. The van der Waals surface area contributed by atoms with E-state index < -0.39 is 0 Å². The third kappa shape index (κ3) is 2.37. The molecule has 1 aromatic rings. The van der Waals surface area contributed by atoms with Crippen LogP contribution in [0.2, 0.25) is 0 Å². The predicted octanol–water partition coefficient (Wildman–Crippen LogP) is 1.49. The van der Waals surface area contributed by atoms with Gasteiger partial charge in [0.1, 0.15) is 0 Å². The van der Waals surface area contributed by atoms with Gasteiger partial charge in [0.15, 0.2) is 0 Å². The van der Waals surface area contributed by atoms with Gasteiger partial charge in [-0.2, -0.15) is 0 Å². The fourth-order valence-electron chi connectivity index (χ4n) is 1.02. The van der Waals surface area contributed by atoms with Crippen LogP contribution in [-0.2, 0) is 0 Å². The second-order valence-electron chi connectivity index (χ2n) is 2.63. The van der Waals surface area contributed by atoms with E-state index in [4.69, 9.17) is 12.2 Å². The van der Waals surface area contributed by atoms with E-state index in [-0.39, 0.29) is 6.04 Å². The molecular weight excluding hydrogens is 148 g/mol. The van der Waals surface area contributed by atoms with Crippen LogP contribution in [0.3, 0.4) is 0 Å². The van der Waals surface area contributed by atoms with Crippen molar-refractivity contribution in [1.29, 1.82) is 0 Å². The molecule has 0 aliphatic carbocycles. The van der Waals surface area contributed by atoms with Gasteiger partial charge in [0.05, 0.1) is 0 Å².